The molecule has 3 saturated carbocycles. The lowest BCUT2D eigenvalue weighted by atomic mass is 10.0. The number of nitrogens with zero attached hydrogens (tertiary/aromatic N) is 2. The minimum absolute atomic E-state index is 0.839. The molecule has 1 aromatic heterocycles. The van der Waals surface area contributed by atoms with E-state index in [1.165, 1.54) is 30.8 Å². The van der Waals surface area contributed by atoms with E-state index in [4.69, 9.17) is 4.98 Å². The van der Waals surface area contributed by atoms with Crippen LogP contribution in [0.3, 0.4) is 0 Å². The predicted molar refractivity (Wildman–Crippen MR) is 69.2 cm³/mol. The average Bonchev–Trinajstić information content (AvgIpc) is 2.75. The Hall–Kier alpha value is -0.830. The molecule has 2 heterocycles. The summed E-state index contributed by atoms with van der Waals surface area (Å²) >= 11 is 0. The van der Waals surface area contributed by atoms with E-state index in [1.54, 1.807) is 12.1 Å². The highest BCUT2D eigenvalue weighted by molar-refractivity contribution is 5.26. The van der Waals surface area contributed by atoms with Crippen molar-refractivity contribution in [3.63, 3.8) is 0 Å². The number of nitrogens with one attached hydrogen (secondary N) is 1. The summed E-state index contributed by atoms with van der Waals surface area (Å²) in [6.45, 7) is 4.33. The van der Waals surface area contributed by atoms with Crippen molar-refractivity contribution >= 4 is 0 Å². The van der Waals surface area contributed by atoms with Gasteiger partial charge in [-0.2, -0.15) is 0 Å². The summed E-state index contributed by atoms with van der Waals surface area (Å²) in [4.78, 5) is 4.81. The fourth-order valence-electron chi connectivity index (χ4n) is 5.49. The maximum Gasteiger partial charge on any atom is 0.106 e. The highest BCUT2D eigenvalue weighted by atomic mass is 15.2. The van der Waals surface area contributed by atoms with E-state index in [0.717, 1.165) is 42.8 Å². The van der Waals surface area contributed by atoms with Crippen LogP contribution in [0.25, 0.3) is 0 Å². The fourth-order valence-corrected chi connectivity index (χ4v) is 5.49. The fraction of sp³-hybridized carbons (Fsp3) is 0.800. The minimum atomic E-state index is 0.839. The largest absolute Gasteiger partial charge is 0.328 e. The predicted octanol–water partition coefficient (Wildman–Crippen LogP) is 2.05. The van der Waals surface area contributed by atoms with Crippen molar-refractivity contribution in [2.45, 2.75) is 45.2 Å². The molecule has 1 aliphatic heterocycles. The zero-order valence-electron chi connectivity index (χ0n) is 11.0. The van der Waals surface area contributed by atoms with E-state index in [9.17, 15) is 0 Å². The van der Waals surface area contributed by atoms with E-state index >= 15 is 0 Å². The SMILES string of the molecule is Cc1nc2c(n1C1C3C4CCC(C4)C31)CCNC2. The van der Waals surface area contributed by atoms with E-state index in [2.05, 4.69) is 16.8 Å². The van der Waals surface area contributed by atoms with Gasteiger partial charge in [0.25, 0.3) is 0 Å². The van der Waals surface area contributed by atoms with Gasteiger partial charge >= 0.3 is 0 Å². The number of hydrogen-bond donors (Lipinski definition) is 1. The number of rotatable bonds is 1. The Balaban J connectivity index is 1.57. The van der Waals surface area contributed by atoms with Crippen LogP contribution >= 0.6 is 0 Å². The molecule has 4 atom stereocenters. The van der Waals surface area contributed by atoms with Gasteiger partial charge in [0, 0.05) is 31.2 Å². The summed E-state index contributed by atoms with van der Waals surface area (Å²) in [6, 6.07) is 0.839. The Morgan fingerprint density at radius 2 is 2.00 bits per heavy atom. The standard InChI is InChI=1S/C15H21N3/c1-8-17-11-7-16-5-4-12(11)18(8)15-13-9-2-3-10(6-9)14(13)15/h9-10,13-16H,2-7H2,1H3. The van der Waals surface area contributed by atoms with E-state index in [1.807, 2.05) is 0 Å². The zero-order chi connectivity index (χ0) is 11.9. The summed E-state index contributed by atoms with van der Waals surface area (Å²) in [5.74, 6) is 5.45. The molecule has 0 radical (unpaired) electrons. The average molecular weight is 243 g/mol. The van der Waals surface area contributed by atoms with Gasteiger partial charge in [0.2, 0.25) is 0 Å². The third-order valence-electron chi connectivity index (χ3n) is 6.09. The van der Waals surface area contributed by atoms with Gasteiger partial charge in [-0.3, -0.25) is 0 Å². The second-order valence-electron chi connectivity index (χ2n) is 6.83. The maximum absolute atomic E-state index is 4.81. The highest BCUT2D eigenvalue weighted by Gasteiger charge is 2.66. The van der Waals surface area contributed by atoms with Crippen molar-refractivity contribution in [2.75, 3.05) is 6.54 Å². The van der Waals surface area contributed by atoms with Crippen LogP contribution < -0.4 is 5.32 Å². The van der Waals surface area contributed by atoms with Crippen molar-refractivity contribution in [3.05, 3.63) is 17.2 Å². The Bertz CT molecular complexity index is 502. The van der Waals surface area contributed by atoms with Gasteiger partial charge in [-0.15, -0.1) is 0 Å². The molecule has 18 heavy (non-hydrogen) atoms. The first-order valence-corrected chi connectivity index (χ1v) is 7.62. The molecular weight excluding hydrogens is 222 g/mol. The molecule has 3 aliphatic carbocycles. The molecule has 3 fully saturated rings. The van der Waals surface area contributed by atoms with E-state index in [-0.39, 0.29) is 0 Å². The van der Waals surface area contributed by atoms with E-state index in [0.29, 0.717) is 0 Å². The monoisotopic (exact) mass is 243 g/mol. The molecule has 4 unspecified atom stereocenters. The van der Waals surface area contributed by atoms with Crippen LogP contribution in [0.4, 0.5) is 0 Å². The van der Waals surface area contributed by atoms with Crippen molar-refractivity contribution in [2.24, 2.45) is 23.7 Å². The van der Waals surface area contributed by atoms with Crippen LogP contribution in [0.15, 0.2) is 0 Å². The van der Waals surface area contributed by atoms with Crippen LogP contribution in [0.1, 0.15) is 42.5 Å². The normalized spacial score (nSPS) is 43.9. The third-order valence-corrected chi connectivity index (χ3v) is 6.09. The highest BCUT2D eigenvalue weighted by Crippen LogP contribution is 2.71. The Labute approximate surface area is 108 Å². The quantitative estimate of drug-likeness (QED) is 0.818. The van der Waals surface area contributed by atoms with Gasteiger partial charge in [0.1, 0.15) is 5.82 Å². The summed E-state index contributed by atoms with van der Waals surface area (Å²) in [5.41, 5.74) is 2.89. The van der Waals surface area contributed by atoms with Gasteiger partial charge < -0.3 is 9.88 Å². The maximum atomic E-state index is 4.81. The number of fused-ring (bicyclic) bond motifs is 6. The van der Waals surface area contributed by atoms with Crippen molar-refractivity contribution in [3.8, 4) is 0 Å². The van der Waals surface area contributed by atoms with Crippen molar-refractivity contribution in [1.82, 2.24) is 14.9 Å². The molecular formula is C15H21N3. The summed E-state index contributed by atoms with van der Waals surface area (Å²) in [6.07, 6.45) is 5.75. The van der Waals surface area contributed by atoms with Crippen LogP contribution in [0.2, 0.25) is 0 Å². The van der Waals surface area contributed by atoms with Crippen LogP contribution in [0.5, 0.6) is 0 Å². The Morgan fingerprint density at radius 1 is 1.22 bits per heavy atom. The lowest BCUT2D eigenvalue weighted by Gasteiger charge is -2.18. The molecule has 0 spiro atoms. The minimum Gasteiger partial charge on any atom is -0.328 e. The third kappa shape index (κ3) is 1.08. The first kappa shape index (κ1) is 10.0. The first-order valence-electron chi connectivity index (χ1n) is 7.62. The molecule has 0 amide bonds. The molecule has 4 aliphatic rings. The van der Waals surface area contributed by atoms with Gasteiger partial charge in [0.15, 0.2) is 0 Å². The van der Waals surface area contributed by atoms with Crippen molar-refractivity contribution < 1.29 is 0 Å². The summed E-state index contributed by atoms with van der Waals surface area (Å²) < 4.78 is 2.65. The molecule has 96 valence electrons. The Morgan fingerprint density at radius 3 is 2.78 bits per heavy atom. The van der Waals surface area contributed by atoms with Crippen molar-refractivity contribution in [1.29, 1.82) is 0 Å². The second-order valence-corrected chi connectivity index (χ2v) is 6.83. The van der Waals surface area contributed by atoms with E-state index < -0.39 is 0 Å². The molecule has 1 N–H and O–H groups in total. The smallest absolute Gasteiger partial charge is 0.106 e. The summed E-state index contributed by atoms with van der Waals surface area (Å²) in [5, 5.41) is 3.45. The molecule has 1 aromatic rings. The Kier molecular flexibility index (Phi) is 1.77. The lowest BCUT2D eigenvalue weighted by molar-refractivity contribution is 0.438. The molecule has 3 nitrogen and oxygen atoms in total. The topological polar surface area (TPSA) is 29.9 Å². The second kappa shape index (κ2) is 3.19. The first-order chi connectivity index (χ1) is 8.84. The van der Waals surface area contributed by atoms with Crippen LogP contribution in [-0.2, 0) is 13.0 Å². The van der Waals surface area contributed by atoms with Crippen LogP contribution in [-0.4, -0.2) is 16.1 Å². The molecule has 5 rings (SSSR count). The molecule has 3 heteroatoms. The number of aryl methyl sites for hydroxylation is 1. The molecule has 2 bridgehead atoms. The molecule has 0 saturated heterocycles. The molecule has 0 aromatic carbocycles. The van der Waals surface area contributed by atoms with Gasteiger partial charge in [0.05, 0.1) is 5.69 Å². The van der Waals surface area contributed by atoms with Gasteiger partial charge in [-0.1, -0.05) is 0 Å². The number of hydrogen-bond acceptors (Lipinski definition) is 2. The number of imidazole rings is 1. The van der Waals surface area contributed by atoms with Gasteiger partial charge in [-0.05, 0) is 49.9 Å². The van der Waals surface area contributed by atoms with Crippen LogP contribution in [0, 0.1) is 30.6 Å². The lowest BCUT2D eigenvalue weighted by Crippen LogP contribution is -2.25. The number of aromatic nitrogens is 2. The zero-order valence-corrected chi connectivity index (χ0v) is 11.0. The van der Waals surface area contributed by atoms with Gasteiger partial charge in [-0.25, -0.2) is 4.98 Å². The summed E-state index contributed by atoms with van der Waals surface area (Å²) in [7, 11) is 0.